The largest absolute Gasteiger partial charge is 0.467 e. The van der Waals surface area contributed by atoms with E-state index in [1.807, 2.05) is 37.3 Å². The van der Waals surface area contributed by atoms with Crippen molar-refractivity contribution in [2.45, 2.75) is 32.5 Å². The van der Waals surface area contributed by atoms with Crippen LogP contribution in [-0.4, -0.2) is 37.5 Å². The fourth-order valence-corrected chi connectivity index (χ4v) is 3.24. The summed E-state index contributed by atoms with van der Waals surface area (Å²) in [6.45, 7) is 4.33. The van der Waals surface area contributed by atoms with Crippen LogP contribution in [0, 0.1) is 5.82 Å². The maximum atomic E-state index is 13.9. The lowest BCUT2D eigenvalue weighted by molar-refractivity contribution is -0.0172. The molecule has 1 atom stereocenters. The second-order valence-electron chi connectivity index (χ2n) is 6.82. The second kappa shape index (κ2) is 12.7. The van der Waals surface area contributed by atoms with Gasteiger partial charge in [0.05, 0.1) is 12.7 Å². The fraction of sp³-hybridized carbons (Fsp3) is 0.409. The molecule has 8 heteroatoms. The standard InChI is InChI=1S/C22H28FN3O3.HI/c1-2-24-22(26-11-9-20(27)16-6-4-3-5-7-16)25-10-8-17-12-19(23)13-18-14-28-15-29-21(17)18;/h3-7,12-13,20,27H,2,8-11,14-15H2,1H3,(H2,24,25,26);1H. The highest BCUT2D eigenvalue weighted by atomic mass is 127. The predicted molar refractivity (Wildman–Crippen MR) is 126 cm³/mol. The lowest BCUT2D eigenvalue weighted by atomic mass is 10.1. The van der Waals surface area contributed by atoms with E-state index in [0.717, 1.165) is 23.2 Å². The Bertz CT molecular complexity index is 821. The van der Waals surface area contributed by atoms with Crippen LogP contribution in [0.25, 0.3) is 0 Å². The molecule has 164 valence electrons. The van der Waals surface area contributed by atoms with E-state index in [1.54, 1.807) is 0 Å². The first-order chi connectivity index (χ1) is 14.2. The van der Waals surface area contributed by atoms with Gasteiger partial charge in [-0.05, 0) is 43.0 Å². The summed E-state index contributed by atoms with van der Waals surface area (Å²) < 4.78 is 24.6. The first kappa shape index (κ1) is 24.4. The van der Waals surface area contributed by atoms with Crippen LogP contribution in [0.15, 0.2) is 47.5 Å². The van der Waals surface area contributed by atoms with E-state index in [0.29, 0.717) is 44.2 Å². The number of benzene rings is 2. The summed E-state index contributed by atoms with van der Waals surface area (Å²) in [6, 6.07) is 12.5. The molecule has 0 spiro atoms. The third-order valence-electron chi connectivity index (χ3n) is 4.64. The van der Waals surface area contributed by atoms with E-state index < -0.39 is 6.10 Å². The minimum absolute atomic E-state index is 0. The SMILES string of the molecule is CCNC(=NCCC(O)c1ccccc1)NCCc1cc(F)cc2c1OCOC2.I. The van der Waals surface area contributed by atoms with Crippen LogP contribution in [0.1, 0.15) is 36.1 Å². The van der Waals surface area contributed by atoms with Crippen molar-refractivity contribution in [2.24, 2.45) is 4.99 Å². The number of aliphatic hydroxyl groups excluding tert-OH is 1. The minimum Gasteiger partial charge on any atom is -0.467 e. The van der Waals surface area contributed by atoms with Gasteiger partial charge in [0, 0.05) is 25.2 Å². The molecular weight excluding hydrogens is 500 g/mol. The fourth-order valence-electron chi connectivity index (χ4n) is 3.24. The molecule has 0 radical (unpaired) electrons. The molecule has 0 fully saturated rings. The normalized spacial score (nSPS) is 14.2. The predicted octanol–water partition coefficient (Wildman–Crippen LogP) is 3.53. The molecule has 6 nitrogen and oxygen atoms in total. The molecular formula is C22H29FIN3O3. The van der Waals surface area contributed by atoms with Crippen molar-refractivity contribution in [1.82, 2.24) is 10.6 Å². The number of guanidine groups is 1. The number of hydrogen-bond acceptors (Lipinski definition) is 4. The number of ether oxygens (including phenoxy) is 2. The number of fused-ring (bicyclic) bond motifs is 1. The van der Waals surface area contributed by atoms with E-state index in [2.05, 4.69) is 15.6 Å². The molecule has 2 aromatic carbocycles. The van der Waals surface area contributed by atoms with Gasteiger partial charge in [-0.15, -0.1) is 24.0 Å². The van der Waals surface area contributed by atoms with Gasteiger partial charge in [-0.3, -0.25) is 4.99 Å². The molecule has 1 aliphatic heterocycles. The van der Waals surface area contributed by atoms with E-state index in [9.17, 15) is 9.50 Å². The van der Waals surface area contributed by atoms with Crippen LogP contribution < -0.4 is 15.4 Å². The average molecular weight is 529 g/mol. The van der Waals surface area contributed by atoms with Crippen LogP contribution in [0.2, 0.25) is 0 Å². The summed E-state index contributed by atoms with van der Waals surface area (Å²) in [4.78, 5) is 4.52. The topological polar surface area (TPSA) is 75.1 Å². The van der Waals surface area contributed by atoms with Crippen LogP contribution in [-0.2, 0) is 17.8 Å². The number of hydrogen-bond donors (Lipinski definition) is 3. The molecule has 1 heterocycles. The van der Waals surface area contributed by atoms with E-state index in [-0.39, 0.29) is 36.6 Å². The summed E-state index contributed by atoms with van der Waals surface area (Å²) in [7, 11) is 0. The van der Waals surface area contributed by atoms with Crippen molar-refractivity contribution in [3.05, 3.63) is 65.0 Å². The Morgan fingerprint density at radius 3 is 2.80 bits per heavy atom. The first-order valence-electron chi connectivity index (χ1n) is 9.94. The van der Waals surface area contributed by atoms with E-state index >= 15 is 0 Å². The molecule has 0 aliphatic carbocycles. The maximum absolute atomic E-state index is 13.9. The van der Waals surface area contributed by atoms with Crippen LogP contribution in [0.3, 0.4) is 0 Å². The number of rotatable bonds is 8. The molecule has 0 saturated heterocycles. The van der Waals surface area contributed by atoms with Gasteiger partial charge in [0.25, 0.3) is 0 Å². The highest BCUT2D eigenvalue weighted by Crippen LogP contribution is 2.29. The lowest BCUT2D eigenvalue weighted by Gasteiger charge is -2.21. The van der Waals surface area contributed by atoms with E-state index in [4.69, 9.17) is 9.47 Å². The summed E-state index contributed by atoms with van der Waals surface area (Å²) >= 11 is 0. The Kier molecular flexibility index (Phi) is 10.3. The van der Waals surface area contributed by atoms with Crippen molar-refractivity contribution in [3.63, 3.8) is 0 Å². The van der Waals surface area contributed by atoms with Crippen molar-refractivity contribution in [3.8, 4) is 5.75 Å². The Hall–Kier alpha value is -1.91. The van der Waals surface area contributed by atoms with Gasteiger partial charge < -0.3 is 25.2 Å². The van der Waals surface area contributed by atoms with Crippen LogP contribution in [0.5, 0.6) is 5.75 Å². The lowest BCUT2D eigenvalue weighted by Crippen LogP contribution is -2.38. The molecule has 0 aromatic heterocycles. The summed E-state index contributed by atoms with van der Waals surface area (Å²) in [6.07, 6.45) is 0.587. The third-order valence-corrected chi connectivity index (χ3v) is 4.64. The molecule has 3 rings (SSSR count). The molecule has 0 bridgehead atoms. The van der Waals surface area contributed by atoms with Crippen molar-refractivity contribution in [1.29, 1.82) is 0 Å². The zero-order valence-electron chi connectivity index (χ0n) is 17.1. The van der Waals surface area contributed by atoms with Gasteiger partial charge in [-0.2, -0.15) is 0 Å². The number of nitrogens with one attached hydrogen (secondary N) is 2. The van der Waals surface area contributed by atoms with Gasteiger partial charge in [-0.1, -0.05) is 30.3 Å². The molecule has 30 heavy (non-hydrogen) atoms. The molecule has 0 amide bonds. The first-order valence-corrected chi connectivity index (χ1v) is 9.94. The Balaban J connectivity index is 0.00000320. The molecule has 1 unspecified atom stereocenters. The van der Waals surface area contributed by atoms with E-state index in [1.165, 1.54) is 12.1 Å². The summed E-state index contributed by atoms with van der Waals surface area (Å²) in [5.41, 5.74) is 2.44. The maximum Gasteiger partial charge on any atom is 0.191 e. The number of aliphatic imine (C=N–C) groups is 1. The molecule has 3 N–H and O–H groups in total. The average Bonchev–Trinajstić information content (AvgIpc) is 2.74. The van der Waals surface area contributed by atoms with Gasteiger partial charge in [-0.25, -0.2) is 4.39 Å². The summed E-state index contributed by atoms with van der Waals surface area (Å²) in [5, 5.41) is 16.7. The Morgan fingerprint density at radius 2 is 2.03 bits per heavy atom. The quantitative estimate of drug-likeness (QED) is 0.277. The van der Waals surface area contributed by atoms with Gasteiger partial charge in [0.15, 0.2) is 12.8 Å². The van der Waals surface area contributed by atoms with Crippen LogP contribution >= 0.6 is 24.0 Å². The molecule has 1 aliphatic rings. The molecule has 2 aromatic rings. The smallest absolute Gasteiger partial charge is 0.191 e. The Morgan fingerprint density at radius 1 is 1.23 bits per heavy atom. The second-order valence-corrected chi connectivity index (χ2v) is 6.82. The van der Waals surface area contributed by atoms with Crippen molar-refractivity contribution < 1.29 is 19.0 Å². The highest BCUT2D eigenvalue weighted by Gasteiger charge is 2.16. The Labute approximate surface area is 193 Å². The number of aliphatic hydroxyl groups is 1. The minimum atomic E-state index is -0.541. The zero-order valence-corrected chi connectivity index (χ0v) is 19.4. The molecule has 0 saturated carbocycles. The monoisotopic (exact) mass is 529 g/mol. The van der Waals surface area contributed by atoms with Gasteiger partial charge in [0.1, 0.15) is 11.6 Å². The van der Waals surface area contributed by atoms with Crippen LogP contribution in [0.4, 0.5) is 4.39 Å². The van der Waals surface area contributed by atoms with Gasteiger partial charge in [0.2, 0.25) is 0 Å². The highest BCUT2D eigenvalue weighted by molar-refractivity contribution is 14.0. The zero-order chi connectivity index (χ0) is 20.5. The number of nitrogens with zero attached hydrogens (tertiary/aromatic N) is 1. The van der Waals surface area contributed by atoms with Crippen molar-refractivity contribution >= 4 is 29.9 Å². The summed E-state index contributed by atoms with van der Waals surface area (Å²) in [5.74, 6) is 1.10. The third kappa shape index (κ3) is 7.10. The van der Waals surface area contributed by atoms with Gasteiger partial charge >= 0.3 is 0 Å². The van der Waals surface area contributed by atoms with Crippen molar-refractivity contribution in [2.75, 3.05) is 26.4 Å². The number of halogens is 2.